The lowest BCUT2D eigenvalue weighted by atomic mass is 10.0. The normalized spacial score (nSPS) is 24.3. The molecule has 1 heterocycles. The minimum atomic E-state index is -3.84. The van der Waals surface area contributed by atoms with Gasteiger partial charge in [-0.15, -0.1) is 0 Å². The molecule has 1 saturated carbocycles. The second-order valence-electron chi connectivity index (χ2n) is 7.67. The Kier molecular flexibility index (Phi) is 5.64. The molecule has 8 heteroatoms. The molecule has 0 spiro atoms. The first kappa shape index (κ1) is 20.3. The summed E-state index contributed by atoms with van der Waals surface area (Å²) in [5.74, 6) is -0.536. The Bertz CT molecular complexity index is 1030. The molecule has 0 radical (unpaired) electrons. The van der Waals surface area contributed by atoms with Crippen LogP contribution in [0.1, 0.15) is 30.7 Å². The van der Waals surface area contributed by atoms with Crippen LogP contribution in [0.15, 0.2) is 53.4 Å². The highest BCUT2D eigenvalue weighted by atomic mass is 35.5. The topological polar surface area (TPSA) is 66.5 Å². The molecule has 0 aromatic heterocycles. The number of hydrogen-bond acceptors (Lipinski definition) is 3. The molecule has 29 heavy (non-hydrogen) atoms. The van der Waals surface area contributed by atoms with E-state index in [0.717, 1.165) is 18.1 Å². The maximum atomic E-state index is 13.4. The molecule has 3 atom stereocenters. The van der Waals surface area contributed by atoms with Gasteiger partial charge in [0.05, 0.1) is 4.90 Å². The van der Waals surface area contributed by atoms with Gasteiger partial charge in [0, 0.05) is 30.1 Å². The van der Waals surface area contributed by atoms with Crippen LogP contribution in [0.5, 0.6) is 0 Å². The van der Waals surface area contributed by atoms with Crippen LogP contribution >= 0.6 is 11.6 Å². The van der Waals surface area contributed by atoms with Crippen molar-refractivity contribution in [1.82, 2.24) is 9.62 Å². The van der Waals surface area contributed by atoms with Gasteiger partial charge in [-0.2, -0.15) is 0 Å². The van der Waals surface area contributed by atoms with Gasteiger partial charge in [-0.05, 0) is 55.0 Å². The van der Waals surface area contributed by atoms with Crippen molar-refractivity contribution < 1.29 is 17.6 Å². The zero-order valence-electron chi connectivity index (χ0n) is 15.7. The van der Waals surface area contributed by atoms with E-state index in [9.17, 15) is 17.6 Å². The lowest BCUT2D eigenvalue weighted by Crippen LogP contribution is -2.50. The Morgan fingerprint density at radius 2 is 1.97 bits per heavy atom. The summed E-state index contributed by atoms with van der Waals surface area (Å²) in [6.45, 7) is 0.932. The fourth-order valence-corrected chi connectivity index (χ4v) is 5.59. The average molecular weight is 437 g/mol. The van der Waals surface area contributed by atoms with Crippen molar-refractivity contribution in [3.05, 3.63) is 64.9 Å². The van der Waals surface area contributed by atoms with Crippen molar-refractivity contribution in [2.45, 2.75) is 36.1 Å². The molecule has 1 N–H and O–H groups in total. The van der Waals surface area contributed by atoms with Gasteiger partial charge < -0.3 is 4.90 Å². The Hall–Kier alpha value is -1.96. The van der Waals surface area contributed by atoms with E-state index >= 15 is 0 Å². The summed E-state index contributed by atoms with van der Waals surface area (Å²) in [5.41, 5.74) is 0.993. The maximum Gasteiger partial charge on any atom is 0.240 e. The van der Waals surface area contributed by atoms with Crippen molar-refractivity contribution in [2.24, 2.45) is 5.92 Å². The van der Waals surface area contributed by atoms with Crippen LogP contribution in [-0.4, -0.2) is 38.4 Å². The molecular formula is C21H22ClFN2O3S. The fourth-order valence-electron chi connectivity index (χ4n) is 4.02. The van der Waals surface area contributed by atoms with Crippen LogP contribution < -0.4 is 4.72 Å². The van der Waals surface area contributed by atoms with Crippen molar-refractivity contribution >= 4 is 27.5 Å². The standard InChI is InChI=1S/C21H22ClFN2O3S/c22-20-9-2-1-8-17(20)18-12-19(18)21(26)25-10-4-6-15(13-25)24-29(27,28)16-7-3-5-14(23)11-16/h1-3,5,7-9,11,15,18-19,24H,4,6,10,12-13H2. The van der Waals surface area contributed by atoms with Crippen molar-refractivity contribution in [2.75, 3.05) is 13.1 Å². The van der Waals surface area contributed by atoms with Crippen molar-refractivity contribution in [3.63, 3.8) is 0 Å². The fraction of sp³-hybridized carbons (Fsp3) is 0.381. The van der Waals surface area contributed by atoms with Gasteiger partial charge >= 0.3 is 0 Å². The first-order valence-electron chi connectivity index (χ1n) is 9.66. The summed E-state index contributed by atoms with van der Waals surface area (Å²) in [7, 11) is -3.84. The third-order valence-electron chi connectivity index (χ3n) is 5.57. The second kappa shape index (κ2) is 8.05. The van der Waals surface area contributed by atoms with E-state index in [1.807, 2.05) is 24.3 Å². The Morgan fingerprint density at radius 1 is 1.17 bits per heavy atom. The zero-order valence-corrected chi connectivity index (χ0v) is 17.3. The summed E-state index contributed by atoms with van der Waals surface area (Å²) in [6.07, 6.45) is 2.11. The number of hydrogen-bond donors (Lipinski definition) is 1. The number of halogens is 2. The van der Waals surface area contributed by atoms with E-state index in [4.69, 9.17) is 11.6 Å². The van der Waals surface area contributed by atoms with Crippen LogP contribution in [0.3, 0.4) is 0 Å². The first-order valence-corrected chi connectivity index (χ1v) is 11.5. The summed E-state index contributed by atoms with van der Waals surface area (Å²) >= 11 is 6.25. The van der Waals surface area contributed by atoms with E-state index in [1.165, 1.54) is 18.2 Å². The molecule has 1 amide bonds. The van der Waals surface area contributed by atoms with Gasteiger partial charge in [0.2, 0.25) is 15.9 Å². The number of rotatable bonds is 5. The Labute approximate surface area is 174 Å². The molecule has 4 rings (SSSR count). The van der Waals surface area contributed by atoms with E-state index in [2.05, 4.69) is 4.72 Å². The van der Waals surface area contributed by atoms with Crippen LogP contribution in [0, 0.1) is 11.7 Å². The average Bonchev–Trinajstić information content (AvgIpc) is 3.48. The third-order valence-corrected chi connectivity index (χ3v) is 7.44. The SMILES string of the molecule is O=C(C1CC1c1ccccc1Cl)N1CCCC(NS(=O)(=O)c2cccc(F)c2)C1. The molecule has 154 valence electrons. The van der Waals surface area contributed by atoms with Crippen LogP contribution in [0.2, 0.25) is 5.02 Å². The predicted octanol–water partition coefficient (Wildman–Crippen LogP) is 3.55. The predicted molar refractivity (Wildman–Crippen MR) is 109 cm³/mol. The summed E-state index contributed by atoms with van der Waals surface area (Å²) in [5, 5.41) is 0.673. The highest BCUT2D eigenvalue weighted by molar-refractivity contribution is 7.89. The minimum Gasteiger partial charge on any atom is -0.341 e. The van der Waals surface area contributed by atoms with Crippen LogP contribution in [-0.2, 0) is 14.8 Å². The molecule has 2 aliphatic rings. The second-order valence-corrected chi connectivity index (χ2v) is 9.79. The molecule has 3 unspecified atom stereocenters. The minimum absolute atomic E-state index is 0.0459. The number of amides is 1. The molecule has 2 fully saturated rings. The number of carbonyl (C=O) groups excluding carboxylic acids is 1. The van der Waals surface area contributed by atoms with Gasteiger partial charge in [-0.25, -0.2) is 17.5 Å². The molecule has 2 aromatic rings. The molecule has 0 bridgehead atoms. The number of nitrogens with zero attached hydrogens (tertiary/aromatic N) is 1. The largest absolute Gasteiger partial charge is 0.341 e. The highest BCUT2D eigenvalue weighted by Gasteiger charge is 2.47. The third kappa shape index (κ3) is 4.47. The molecule has 2 aromatic carbocycles. The number of sulfonamides is 1. The lowest BCUT2D eigenvalue weighted by molar-refractivity contribution is -0.133. The number of nitrogens with one attached hydrogen (secondary N) is 1. The maximum absolute atomic E-state index is 13.4. The first-order chi connectivity index (χ1) is 13.8. The summed E-state index contributed by atoms with van der Waals surface area (Å²) < 4.78 is 41.1. The zero-order chi connectivity index (χ0) is 20.6. The summed E-state index contributed by atoms with van der Waals surface area (Å²) in [6, 6.07) is 12.1. The smallest absolute Gasteiger partial charge is 0.240 e. The van der Waals surface area contributed by atoms with Gasteiger partial charge in [-0.3, -0.25) is 4.79 Å². The molecule has 5 nitrogen and oxygen atoms in total. The van der Waals surface area contributed by atoms with Crippen molar-refractivity contribution in [3.8, 4) is 0 Å². The molecular weight excluding hydrogens is 415 g/mol. The van der Waals surface area contributed by atoms with Gasteiger partial charge in [0.25, 0.3) is 0 Å². The molecule has 1 aliphatic carbocycles. The number of carbonyl (C=O) groups is 1. The van der Waals surface area contributed by atoms with E-state index < -0.39 is 21.9 Å². The Balaban J connectivity index is 1.40. The summed E-state index contributed by atoms with van der Waals surface area (Å²) in [4.78, 5) is 14.6. The van der Waals surface area contributed by atoms with Crippen LogP contribution in [0.25, 0.3) is 0 Å². The quantitative estimate of drug-likeness (QED) is 0.779. The number of likely N-dealkylation sites (tertiary alicyclic amines) is 1. The van der Waals surface area contributed by atoms with Crippen molar-refractivity contribution in [1.29, 1.82) is 0 Å². The monoisotopic (exact) mass is 436 g/mol. The van der Waals surface area contributed by atoms with Gasteiger partial charge in [0.15, 0.2) is 0 Å². The van der Waals surface area contributed by atoms with E-state index in [0.29, 0.717) is 31.0 Å². The number of piperidine rings is 1. The highest BCUT2D eigenvalue weighted by Crippen LogP contribution is 2.50. The molecule has 1 aliphatic heterocycles. The molecule has 1 saturated heterocycles. The van der Waals surface area contributed by atoms with E-state index in [1.54, 1.807) is 4.90 Å². The lowest BCUT2D eigenvalue weighted by Gasteiger charge is -2.33. The van der Waals surface area contributed by atoms with Crippen LogP contribution in [0.4, 0.5) is 4.39 Å². The van der Waals surface area contributed by atoms with E-state index in [-0.39, 0.29) is 22.6 Å². The van der Waals surface area contributed by atoms with Gasteiger partial charge in [-0.1, -0.05) is 35.9 Å². The Morgan fingerprint density at radius 3 is 2.72 bits per heavy atom. The number of benzene rings is 2. The van der Waals surface area contributed by atoms with Gasteiger partial charge in [0.1, 0.15) is 5.82 Å².